The summed E-state index contributed by atoms with van der Waals surface area (Å²) in [5.74, 6) is -0.875. The number of rotatable bonds is 39. The van der Waals surface area contributed by atoms with E-state index in [1.165, 1.54) is 70.6 Å². The molecule has 0 aliphatic heterocycles. The fraction of sp³-hybridized carbons (Fsp3) is 0.696. The monoisotopic (exact) mass is 791 g/mol. The Hall–Kier alpha value is -2.51. The average Bonchev–Trinajstić information content (AvgIpc) is 3.16. The first kappa shape index (κ1) is 52.5. The summed E-state index contributed by atoms with van der Waals surface area (Å²) in [7, 11) is -4.30. The number of phosphoric ester groups is 1. The van der Waals surface area contributed by atoms with E-state index in [1.54, 1.807) is 6.92 Å². The molecule has 0 aromatic carbocycles. The van der Waals surface area contributed by atoms with Crippen molar-refractivity contribution in [2.45, 2.75) is 187 Å². The third-order valence-electron chi connectivity index (χ3n) is 8.75. The van der Waals surface area contributed by atoms with Crippen LogP contribution in [0.3, 0.4) is 0 Å². The first-order valence-corrected chi connectivity index (χ1v) is 23.2. The highest BCUT2D eigenvalue weighted by atomic mass is 31.2. The standard InChI is InChI=1S/C46H79O8P/c1-4-7-9-11-13-15-17-19-21-23-25-26-28-30-32-34-36-38-40-45(47)51-42-44(43-53-55(49,50)52-6-3)54-46(48)41-39-37-35-33-31-29-27-24-22-20-18-16-14-12-10-8-5-2/h8,10,14,16,20-23,27,29,33,35,44H,4-7,9,11-13,15,17-19,24-26,28,30-32,34,36-43H2,1-3H3,(H,49,50)/b10-8-,16-14-,22-20-,23-21-,29-27-,35-33-. The molecule has 0 heterocycles. The van der Waals surface area contributed by atoms with Gasteiger partial charge in [0.25, 0.3) is 0 Å². The molecule has 8 nitrogen and oxygen atoms in total. The van der Waals surface area contributed by atoms with Gasteiger partial charge in [0.15, 0.2) is 6.10 Å². The molecule has 2 atom stereocenters. The van der Waals surface area contributed by atoms with Gasteiger partial charge >= 0.3 is 19.8 Å². The van der Waals surface area contributed by atoms with Gasteiger partial charge in [-0.2, -0.15) is 0 Å². The molecule has 55 heavy (non-hydrogen) atoms. The maximum absolute atomic E-state index is 12.5. The predicted molar refractivity (Wildman–Crippen MR) is 230 cm³/mol. The number of unbranched alkanes of at least 4 members (excludes halogenated alkanes) is 15. The maximum Gasteiger partial charge on any atom is 0.472 e. The lowest BCUT2D eigenvalue weighted by molar-refractivity contribution is -0.161. The van der Waals surface area contributed by atoms with Crippen LogP contribution in [0, 0.1) is 0 Å². The van der Waals surface area contributed by atoms with Crippen LogP contribution >= 0.6 is 7.82 Å². The van der Waals surface area contributed by atoms with Crippen LogP contribution in [0.1, 0.15) is 181 Å². The number of phosphoric acid groups is 1. The second-order valence-corrected chi connectivity index (χ2v) is 15.4. The molecule has 0 aliphatic carbocycles. The van der Waals surface area contributed by atoms with E-state index in [0.717, 1.165) is 64.2 Å². The van der Waals surface area contributed by atoms with Gasteiger partial charge in [0.2, 0.25) is 0 Å². The molecular formula is C46H79O8P. The summed E-state index contributed by atoms with van der Waals surface area (Å²) in [6, 6.07) is 0. The lowest BCUT2D eigenvalue weighted by atomic mass is 10.1. The van der Waals surface area contributed by atoms with Crippen molar-refractivity contribution in [3.05, 3.63) is 72.9 Å². The quantitative estimate of drug-likeness (QED) is 0.0284. The number of allylic oxidation sites excluding steroid dienone is 12. The van der Waals surface area contributed by atoms with Gasteiger partial charge in [-0.1, -0.05) is 157 Å². The number of carbonyl (C=O) groups excluding carboxylic acids is 2. The third kappa shape index (κ3) is 41.0. The SMILES string of the molecule is CC/C=C\C/C=C\C/C=C\C/C=C\C/C=C\CCCC(=O)OC(COC(=O)CCCCCCCCC/C=C\CCCCCCCCC)COP(=O)(O)OCC. The summed E-state index contributed by atoms with van der Waals surface area (Å²) in [6.45, 7) is 5.28. The van der Waals surface area contributed by atoms with E-state index in [1.807, 2.05) is 6.08 Å². The molecule has 0 amide bonds. The zero-order chi connectivity index (χ0) is 40.3. The zero-order valence-corrected chi connectivity index (χ0v) is 36.0. The molecule has 0 radical (unpaired) electrons. The van der Waals surface area contributed by atoms with Crippen molar-refractivity contribution in [2.24, 2.45) is 0 Å². The number of hydrogen-bond acceptors (Lipinski definition) is 7. The van der Waals surface area contributed by atoms with Gasteiger partial charge in [-0.15, -0.1) is 0 Å². The summed E-state index contributed by atoms with van der Waals surface area (Å²) in [5.41, 5.74) is 0. The Balaban J connectivity index is 4.18. The Morgan fingerprint density at radius 2 is 0.945 bits per heavy atom. The summed E-state index contributed by atoms with van der Waals surface area (Å²) < 4.78 is 32.6. The normalized spacial score (nSPS) is 14.0. The maximum atomic E-state index is 12.5. The van der Waals surface area contributed by atoms with Gasteiger partial charge in [-0.3, -0.25) is 18.6 Å². The second-order valence-electron chi connectivity index (χ2n) is 14.0. The molecule has 2 unspecified atom stereocenters. The molecule has 0 aromatic heterocycles. The van der Waals surface area contributed by atoms with E-state index in [2.05, 4.69) is 80.7 Å². The molecule has 0 saturated heterocycles. The van der Waals surface area contributed by atoms with Crippen LogP contribution in [0.4, 0.5) is 0 Å². The van der Waals surface area contributed by atoms with E-state index >= 15 is 0 Å². The highest BCUT2D eigenvalue weighted by molar-refractivity contribution is 7.47. The molecule has 9 heteroatoms. The highest BCUT2D eigenvalue weighted by Crippen LogP contribution is 2.43. The highest BCUT2D eigenvalue weighted by Gasteiger charge is 2.25. The van der Waals surface area contributed by atoms with Crippen LogP contribution in [0.15, 0.2) is 72.9 Å². The molecule has 0 aliphatic rings. The third-order valence-corrected chi connectivity index (χ3v) is 9.81. The molecular weight excluding hydrogens is 711 g/mol. The topological polar surface area (TPSA) is 108 Å². The van der Waals surface area contributed by atoms with Crippen molar-refractivity contribution < 1.29 is 37.6 Å². The van der Waals surface area contributed by atoms with Crippen molar-refractivity contribution in [1.82, 2.24) is 0 Å². The van der Waals surface area contributed by atoms with Gasteiger partial charge in [-0.05, 0) is 84.0 Å². The summed E-state index contributed by atoms with van der Waals surface area (Å²) in [4.78, 5) is 34.7. The molecule has 0 aromatic rings. The minimum atomic E-state index is -4.30. The van der Waals surface area contributed by atoms with Crippen molar-refractivity contribution in [2.75, 3.05) is 19.8 Å². The van der Waals surface area contributed by atoms with Crippen LogP contribution in [0.2, 0.25) is 0 Å². The summed E-state index contributed by atoms with van der Waals surface area (Å²) >= 11 is 0. The number of carbonyl (C=O) groups is 2. The Kier molecular flexibility index (Phi) is 39.3. The minimum Gasteiger partial charge on any atom is -0.462 e. The molecule has 0 rings (SSSR count). The summed E-state index contributed by atoms with van der Waals surface area (Å²) in [6.07, 6.45) is 51.1. The number of hydrogen-bond donors (Lipinski definition) is 1. The van der Waals surface area contributed by atoms with Crippen molar-refractivity contribution in [1.29, 1.82) is 0 Å². The van der Waals surface area contributed by atoms with Crippen LogP contribution in [-0.2, 0) is 32.7 Å². The largest absolute Gasteiger partial charge is 0.472 e. The Morgan fingerprint density at radius 1 is 0.509 bits per heavy atom. The van der Waals surface area contributed by atoms with Gasteiger partial charge in [0.05, 0.1) is 13.2 Å². The number of ether oxygens (including phenoxy) is 2. The van der Waals surface area contributed by atoms with E-state index in [4.69, 9.17) is 18.5 Å². The molecule has 1 N–H and O–H groups in total. The lowest BCUT2D eigenvalue weighted by Gasteiger charge is -2.19. The first-order chi connectivity index (χ1) is 26.8. The fourth-order valence-corrected chi connectivity index (χ4v) is 6.36. The lowest BCUT2D eigenvalue weighted by Crippen LogP contribution is -2.29. The van der Waals surface area contributed by atoms with E-state index in [0.29, 0.717) is 12.8 Å². The molecule has 316 valence electrons. The van der Waals surface area contributed by atoms with Crippen LogP contribution < -0.4 is 0 Å². The Morgan fingerprint density at radius 3 is 1.47 bits per heavy atom. The van der Waals surface area contributed by atoms with Crippen LogP contribution in [0.25, 0.3) is 0 Å². The van der Waals surface area contributed by atoms with Crippen molar-refractivity contribution in [3.63, 3.8) is 0 Å². The number of esters is 2. The van der Waals surface area contributed by atoms with Gasteiger partial charge < -0.3 is 14.4 Å². The minimum absolute atomic E-state index is 0.0141. The molecule has 0 bridgehead atoms. The zero-order valence-electron chi connectivity index (χ0n) is 35.1. The van der Waals surface area contributed by atoms with E-state index in [9.17, 15) is 19.0 Å². The molecule has 0 fully saturated rings. The Labute approximate surface area is 336 Å². The average molecular weight is 791 g/mol. The Bertz CT molecular complexity index is 1120. The van der Waals surface area contributed by atoms with E-state index in [-0.39, 0.29) is 32.0 Å². The first-order valence-electron chi connectivity index (χ1n) is 21.7. The van der Waals surface area contributed by atoms with Crippen LogP contribution in [-0.4, -0.2) is 42.8 Å². The predicted octanol–water partition coefficient (Wildman–Crippen LogP) is 13.7. The van der Waals surface area contributed by atoms with Crippen molar-refractivity contribution >= 4 is 19.8 Å². The van der Waals surface area contributed by atoms with Gasteiger partial charge in [-0.25, -0.2) is 4.57 Å². The van der Waals surface area contributed by atoms with Gasteiger partial charge in [0.1, 0.15) is 6.61 Å². The second kappa shape index (κ2) is 41.1. The fourth-order valence-electron chi connectivity index (χ4n) is 5.60. The van der Waals surface area contributed by atoms with E-state index < -0.39 is 26.5 Å². The molecule has 0 saturated carbocycles. The summed E-state index contributed by atoms with van der Waals surface area (Å²) in [5, 5.41) is 0. The van der Waals surface area contributed by atoms with Crippen LogP contribution in [0.5, 0.6) is 0 Å². The smallest absolute Gasteiger partial charge is 0.462 e. The molecule has 0 spiro atoms. The van der Waals surface area contributed by atoms with Gasteiger partial charge in [0, 0.05) is 12.8 Å². The van der Waals surface area contributed by atoms with Crippen molar-refractivity contribution in [3.8, 4) is 0 Å².